The molecule has 4 heteroatoms. The Hall–Kier alpha value is -0.160. The minimum Gasteiger partial charge on any atom is -0.376 e. The highest BCUT2D eigenvalue weighted by Gasteiger charge is 2.54. The maximum atomic E-state index is 6.07. The first-order valence-corrected chi connectivity index (χ1v) is 12.1. The van der Waals surface area contributed by atoms with Crippen LogP contribution in [0.5, 0.6) is 0 Å². The van der Waals surface area contributed by atoms with Crippen molar-refractivity contribution in [3.8, 4) is 0 Å². The fourth-order valence-corrected chi connectivity index (χ4v) is 4.60. The molecule has 2 aliphatic rings. The molecule has 166 valence electrons. The molecule has 0 spiro atoms. The van der Waals surface area contributed by atoms with Gasteiger partial charge in [0, 0.05) is 7.11 Å². The fourth-order valence-electron chi connectivity index (χ4n) is 4.60. The van der Waals surface area contributed by atoms with E-state index in [0.717, 1.165) is 6.42 Å². The third kappa shape index (κ3) is 8.30. The van der Waals surface area contributed by atoms with Crippen LogP contribution >= 0.6 is 0 Å². The monoisotopic (exact) mass is 398 g/mol. The van der Waals surface area contributed by atoms with Gasteiger partial charge in [-0.1, -0.05) is 96.8 Å². The predicted octanol–water partition coefficient (Wildman–Crippen LogP) is 6.75. The first-order valence-electron chi connectivity index (χ1n) is 12.1. The van der Waals surface area contributed by atoms with E-state index in [4.69, 9.17) is 18.9 Å². The van der Waals surface area contributed by atoms with Crippen LogP contribution in [-0.4, -0.2) is 37.5 Å². The summed E-state index contributed by atoms with van der Waals surface area (Å²) >= 11 is 0. The Morgan fingerprint density at radius 3 is 1.71 bits per heavy atom. The molecular weight excluding hydrogens is 352 g/mol. The van der Waals surface area contributed by atoms with E-state index in [0.29, 0.717) is 0 Å². The van der Waals surface area contributed by atoms with Gasteiger partial charge >= 0.3 is 0 Å². The molecule has 2 fully saturated rings. The smallest absolute Gasteiger partial charge is 0.190 e. The first-order chi connectivity index (χ1) is 13.6. The molecule has 0 aliphatic carbocycles. The topological polar surface area (TPSA) is 36.9 Å². The van der Waals surface area contributed by atoms with E-state index in [9.17, 15) is 0 Å². The van der Waals surface area contributed by atoms with E-state index in [1.165, 1.54) is 89.9 Å². The highest BCUT2D eigenvalue weighted by molar-refractivity contribution is 4.93. The molecule has 4 atom stereocenters. The summed E-state index contributed by atoms with van der Waals surface area (Å²) in [4.78, 5) is 0. The Balaban J connectivity index is 1.40. The van der Waals surface area contributed by atoms with Gasteiger partial charge in [-0.3, -0.25) is 0 Å². The molecule has 0 aromatic carbocycles. The van der Waals surface area contributed by atoms with Crippen molar-refractivity contribution in [3.63, 3.8) is 0 Å². The van der Waals surface area contributed by atoms with Crippen molar-refractivity contribution >= 4 is 0 Å². The first kappa shape index (κ1) is 24.1. The quantitative estimate of drug-likeness (QED) is 0.269. The van der Waals surface area contributed by atoms with Crippen molar-refractivity contribution in [3.05, 3.63) is 0 Å². The van der Waals surface area contributed by atoms with Crippen molar-refractivity contribution in [1.82, 2.24) is 0 Å². The van der Waals surface area contributed by atoms with Crippen LogP contribution in [0.25, 0.3) is 0 Å². The molecular formula is C24H46O4. The molecule has 0 aromatic heterocycles. The number of methoxy groups -OCH3 is 1. The Bertz CT molecular complexity index is 398. The minimum absolute atomic E-state index is 0.00579. The Morgan fingerprint density at radius 2 is 1.21 bits per heavy atom. The zero-order chi connectivity index (χ0) is 20.2. The summed E-state index contributed by atoms with van der Waals surface area (Å²) < 4.78 is 23.5. The van der Waals surface area contributed by atoms with E-state index in [1.807, 2.05) is 13.8 Å². The van der Waals surface area contributed by atoms with Gasteiger partial charge in [0.1, 0.15) is 12.2 Å². The molecule has 2 rings (SSSR count). The third-order valence-corrected chi connectivity index (χ3v) is 6.20. The van der Waals surface area contributed by atoms with E-state index in [1.54, 1.807) is 7.11 Å². The summed E-state index contributed by atoms with van der Waals surface area (Å²) in [6, 6.07) is 0. The number of unbranched alkanes of at least 4 members (excludes halogenated alkanes) is 13. The Kier molecular flexibility index (Phi) is 11.4. The molecule has 0 amide bonds. The number of rotatable bonds is 16. The van der Waals surface area contributed by atoms with Crippen LogP contribution in [0.1, 0.15) is 117 Å². The molecule has 0 N–H and O–H groups in total. The van der Waals surface area contributed by atoms with Crippen molar-refractivity contribution < 1.29 is 18.9 Å². The van der Waals surface area contributed by atoms with Gasteiger partial charge in [0.15, 0.2) is 12.1 Å². The zero-order valence-electron chi connectivity index (χ0n) is 19.0. The number of hydrogen-bond acceptors (Lipinski definition) is 4. The van der Waals surface area contributed by atoms with Crippen LogP contribution in [0.4, 0.5) is 0 Å². The summed E-state index contributed by atoms with van der Waals surface area (Å²) in [6.45, 7) is 6.15. The minimum atomic E-state index is -0.563. The largest absolute Gasteiger partial charge is 0.376 e. The lowest BCUT2D eigenvalue weighted by molar-refractivity contribution is -0.217. The Morgan fingerprint density at radius 1 is 0.714 bits per heavy atom. The lowest BCUT2D eigenvalue weighted by atomic mass is 10.0. The summed E-state index contributed by atoms with van der Waals surface area (Å²) in [7, 11) is 1.75. The lowest BCUT2D eigenvalue weighted by Gasteiger charge is -2.24. The summed E-state index contributed by atoms with van der Waals surface area (Å²) in [5, 5.41) is 0. The van der Waals surface area contributed by atoms with Gasteiger partial charge in [0.2, 0.25) is 0 Å². The zero-order valence-corrected chi connectivity index (χ0v) is 19.0. The van der Waals surface area contributed by atoms with E-state index in [2.05, 4.69) is 6.92 Å². The number of fused-ring (bicyclic) bond motifs is 1. The molecule has 0 saturated carbocycles. The van der Waals surface area contributed by atoms with E-state index >= 15 is 0 Å². The van der Waals surface area contributed by atoms with Gasteiger partial charge in [-0.25, -0.2) is 0 Å². The second kappa shape index (κ2) is 13.2. The summed E-state index contributed by atoms with van der Waals surface area (Å²) in [5.41, 5.74) is 0. The molecule has 2 heterocycles. The van der Waals surface area contributed by atoms with E-state index < -0.39 is 5.79 Å². The van der Waals surface area contributed by atoms with Crippen LogP contribution in [-0.2, 0) is 18.9 Å². The van der Waals surface area contributed by atoms with Gasteiger partial charge in [0.25, 0.3) is 0 Å². The summed E-state index contributed by atoms with van der Waals surface area (Å²) in [6.07, 6.45) is 20.2. The van der Waals surface area contributed by atoms with Crippen molar-refractivity contribution in [2.24, 2.45) is 0 Å². The maximum Gasteiger partial charge on any atom is 0.190 e. The van der Waals surface area contributed by atoms with Gasteiger partial charge in [-0.15, -0.1) is 0 Å². The second-order valence-electron chi connectivity index (χ2n) is 9.23. The standard InChI is InChI=1S/C24H46O4/c1-5-6-7-8-9-10-11-12-13-14-15-16-17-18-19-20-21(25-4)22-23(26-20)28-24(2,3)27-22/h20-23H,5-19H2,1-4H3/t20?,21-,22?,23?/m1/s1. The molecule has 0 radical (unpaired) electrons. The molecule has 2 saturated heterocycles. The molecule has 0 aromatic rings. The molecule has 2 aliphatic heterocycles. The third-order valence-electron chi connectivity index (χ3n) is 6.20. The molecule has 4 nitrogen and oxygen atoms in total. The van der Waals surface area contributed by atoms with Crippen LogP contribution in [0.2, 0.25) is 0 Å². The number of ether oxygens (including phenoxy) is 4. The second-order valence-corrected chi connectivity index (χ2v) is 9.23. The average molecular weight is 399 g/mol. The normalized spacial score (nSPS) is 28.7. The van der Waals surface area contributed by atoms with Crippen molar-refractivity contribution in [1.29, 1.82) is 0 Å². The highest BCUT2D eigenvalue weighted by atomic mass is 16.8. The molecule has 3 unspecified atom stereocenters. The van der Waals surface area contributed by atoms with Gasteiger partial charge < -0.3 is 18.9 Å². The van der Waals surface area contributed by atoms with Gasteiger partial charge in [0.05, 0.1) is 6.10 Å². The van der Waals surface area contributed by atoms with Gasteiger partial charge in [-0.2, -0.15) is 0 Å². The predicted molar refractivity (Wildman–Crippen MR) is 114 cm³/mol. The lowest BCUT2D eigenvalue weighted by Crippen LogP contribution is -2.36. The van der Waals surface area contributed by atoms with Crippen LogP contribution < -0.4 is 0 Å². The van der Waals surface area contributed by atoms with Crippen LogP contribution in [0.15, 0.2) is 0 Å². The maximum absolute atomic E-state index is 6.07. The van der Waals surface area contributed by atoms with Crippen molar-refractivity contribution in [2.45, 2.75) is 147 Å². The van der Waals surface area contributed by atoms with Crippen LogP contribution in [0, 0.1) is 0 Å². The number of hydrogen-bond donors (Lipinski definition) is 0. The molecule has 0 bridgehead atoms. The molecule has 28 heavy (non-hydrogen) atoms. The van der Waals surface area contributed by atoms with Crippen molar-refractivity contribution in [2.75, 3.05) is 7.11 Å². The SMILES string of the molecule is CCCCCCCCCCCCCCCCC1OC2OC(C)(C)OC2[C@@H]1OC. The van der Waals surface area contributed by atoms with E-state index in [-0.39, 0.29) is 24.6 Å². The fraction of sp³-hybridized carbons (Fsp3) is 1.00. The Labute approximate surface area is 174 Å². The van der Waals surface area contributed by atoms with Crippen LogP contribution in [0.3, 0.4) is 0 Å². The average Bonchev–Trinajstić information content (AvgIpc) is 3.12. The summed E-state index contributed by atoms with van der Waals surface area (Å²) in [5.74, 6) is -0.563. The van der Waals surface area contributed by atoms with Gasteiger partial charge in [-0.05, 0) is 20.3 Å². The highest BCUT2D eigenvalue weighted by Crippen LogP contribution is 2.39.